The molecule has 0 fully saturated rings. The number of nitrogens with one attached hydrogen (secondary N) is 1. The highest BCUT2D eigenvalue weighted by atomic mass is 79.9. The first-order chi connectivity index (χ1) is 8.97. The Hall–Kier alpha value is -0.700. The van der Waals surface area contributed by atoms with Gasteiger partial charge in [-0.2, -0.15) is 0 Å². The smallest absolute Gasteiger partial charge is 0.244 e. The zero-order valence-electron chi connectivity index (χ0n) is 10.7. The van der Waals surface area contributed by atoms with Gasteiger partial charge in [-0.1, -0.05) is 13.3 Å². The molecule has 19 heavy (non-hydrogen) atoms. The Morgan fingerprint density at radius 2 is 2.21 bits per heavy atom. The van der Waals surface area contributed by atoms with Crippen LogP contribution in [0.1, 0.15) is 19.8 Å². The van der Waals surface area contributed by atoms with Gasteiger partial charge in [-0.3, -0.25) is 0 Å². The van der Waals surface area contributed by atoms with Gasteiger partial charge in [0.25, 0.3) is 0 Å². The van der Waals surface area contributed by atoms with Crippen LogP contribution in [-0.4, -0.2) is 33.2 Å². The number of pyridine rings is 1. The van der Waals surface area contributed by atoms with E-state index in [1.54, 1.807) is 0 Å². The first-order valence-electron chi connectivity index (χ1n) is 5.96. The first kappa shape index (κ1) is 16.4. The summed E-state index contributed by atoms with van der Waals surface area (Å²) in [5.74, 6) is -0.0254. The average Bonchev–Trinajstić information content (AvgIpc) is 2.36. The molecule has 0 aliphatic carbocycles. The van der Waals surface area contributed by atoms with Gasteiger partial charge in [0.1, 0.15) is 10.7 Å². The molecule has 0 spiro atoms. The fraction of sp³-hybridized carbons (Fsp3) is 0.545. The fourth-order valence-electron chi connectivity index (χ4n) is 1.32. The summed E-state index contributed by atoms with van der Waals surface area (Å²) in [6, 6.07) is 1.42. The lowest BCUT2D eigenvalue weighted by atomic mass is 10.4. The Kier molecular flexibility index (Phi) is 6.70. The molecule has 0 atom stereocenters. The summed E-state index contributed by atoms with van der Waals surface area (Å²) >= 11 is 3.16. The minimum Gasteiger partial charge on any atom is -0.383 e. The van der Waals surface area contributed by atoms with E-state index in [2.05, 4.69) is 32.6 Å². The maximum absolute atomic E-state index is 12.0. The summed E-state index contributed by atoms with van der Waals surface area (Å²) in [4.78, 5) is 3.76. The minimum absolute atomic E-state index is 0.0254. The molecule has 108 valence electrons. The number of aromatic nitrogens is 1. The van der Waals surface area contributed by atoms with Gasteiger partial charge in [0.15, 0.2) is 0 Å². The van der Waals surface area contributed by atoms with Crippen molar-refractivity contribution in [1.82, 2.24) is 9.71 Å². The Morgan fingerprint density at radius 1 is 1.47 bits per heavy atom. The highest BCUT2D eigenvalue weighted by Crippen LogP contribution is 2.19. The third-order valence-corrected chi connectivity index (χ3v) is 4.24. The van der Waals surface area contributed by atoms with Crippen LogP contribution in [0.25, 0.3) is 0 Å². The van der Waals surface area contributed by atoms with Crippen molar-refractivity contribution < 1.29 is 13.2 Å². The lowest BCUT2D eigenvalue weighted by Gasteiger charge is -2.09. The molecular formula is C11H18BrN3O3S. The maximum atomic E-state index is 12.0. The number of ether oxygens (including phenoxy) is 1. The van der Waals surface area contributed by atoms with Crippen molar-refractivity contribution in [1.29, 1.82) is 0 Å². The highest BCUT2D eigenvalue weighted by molar-refractivity contribution is 9.10. The molecule has 0 amide bonds. The number of anilines is 1. The Morgan fingerprint density at radius 3 is 2.89 bits per heavy atom. The number of hydrogen-bond acceptors (Lipinski definition) is 5. The number of nitrogen functional groups attached to an aromatic ring is 1. The number of unbranched alkanes of at least 4 members (excludes halogenated alkanes) is 1. The number of halogens is 1. The topological polar surface area (TPSA) is 94.3 Å². The summed E-state index contributed by atoms with van der Waals surface area (Å²) in [6.45, 7) is 3.24. The average molecular weight is 352 g/mol. The normalized spacial score (nSPS) is 11.7. The van der Waals surface area contributed by atoms with Crippen LogP contribution in [0, 0.1) is 0 Å². The van der Waals surface area contributed by atoms with Gasteiger partial charge in [-0.15, -0.1) is 0 Å². The molecule has 0 unspecified atom stereocenters. The van der Waals surface area contributed by atoms with Crippen molar-refractivity contribution in [2.45, 2.75) is 24.7 Å². The van der Waals surface area contributed by atoms with E-state index < -0.39 is 10.0 Å². The molecular weight excluding hydrogens is 334 g/mol. The zero-order chi connectivity index (χ0) is 14.3. The van der Waals surface area contributed by atoms with Crippen LogP contribution >= 0.6 is 15.9 Å². The standard InChI is InChI=1S/C11H18BrN3O3S/c1-2-3-5-18-6-4-15-19(16,17)10-7-9(12)8-14-11(10)13/h7-8,15H,2-6H2,1H3,(H2,13,14). The fourth-order valence-corrected chi connectivity index (χ4v) is 2.92. The van der Waals surface area contributed by atoms with Crippen molar-refractivity contribution in [2.24, 2.45) is 0 Å². The van der Waals surface area contributed by atoms with E-state index in [4.69, 9.17) is 10.5 Å². The summed E-state index contributed by atoms with van der Waals surface area (Å²) < 4.78 is 32.2. The second-order valence-electron chi connectivity index (χ2n) is 3.90. The van der Waals surface area contributed by atoms with E-state index in [0.29, 0.717) is 17.7 Å². The van der Waals surface area contributed by atoms with Crippen molar-refractivity contribution >= 4 is 31.8 Å². The van der Waals surface area contributed by atoms with Crippen LogP contribution < -0.4 is 10.5 Å². The third kappa shape index (κ3) is 5.43. The maximum Gasteiger partial charge on any atom is 0.244 e. The second-order valence-corrected chi connectivity index (χ2v) is 6.55. The van der Waals surface area contributed by atoms with Gasteiger partial charge in [0, 0.05) is 23.8 Å². The Labute approximate surface area is 121 Å². The van der Waals surface area contributed by atoms with E-state index in [1.807, 2.05) is 0 Å². The van der Waals surface area contributed by atoms with E-state index >= 15 is 0 Å². The molecule has 8 heteroatoms. The number of nitrogens with two attached hydrogens (primary N) is 1. The van der Waals surface area contributed by atoms with Crippen LogP contribution in [0.3, 0.4) is 0 Å². The van der Waals surface area contributed by atoms with Crippen LogP contribution in [0.2, 0.25) is 0 Å². The molecule has 6 nitrogen and oxygen atoms in total. The summed E-state index contributed by atoms with van der Waals surface area (Å²) in [5, 5.41) is 0. The molecule has 0 bridgehead atoms. The van der Waals surface area contributed by atoms with Crippen molar-refractivity contribution in [3.05, 3.63) is 16.7 Å². The van der Waals surface area contributed by atoms with Crippen molar-refractivity contribution in [3.8, 4) is 0 Å². The molecule has 1 aromatic rings. The quantitative estimate of drug-likeness (QED) is 0.692. The molecule has 0 aliphatic rings. The van der Waals surface area contributed by atoms with E-state index in [9.17, 15) is 8.42 Å². The van der Waals surface area contributed by atoms with Gasteiger partial charge < -0.3 is 10.5 Å². The van der Waals surface area contributed by atoms with E-state index in [0.717, 1.165) is 12.8 Å². The minimum atomic E-state index is -3.65. The number of nitrogens with zero attached hydrogens (tertiary/aromatic N) is 1. The molecule has 1 heterocycles. The van der Waals surface area contributed by atoms with Crippen LogP contribution in [-0.2, 0) is 14.8 Å². The van der Waals surface area contributed by atoms with Crippen molar-refractivity contribution in [2.75, 3.05) is 25.5 Å². The zero-order valence-corrected chi connectivity index (χ0v) is 13.1. The highest BCUT2D eigenvalue weighted by Gasteiger charge is 2.18. The molecule has 0 radical (unpaired) electrons. The van der Waals surface area contributed by atoms with E-state index in [1.165, 1.54) is 12.3 Å². The van der Waals surface area contributed by atoms with Gasteiger partial charge in [-0.05, 0) is 28.4 Å². The predicted octanol–water partition coefficient (Wildman–Crippen LogP) is 1.52. The monoisotopic (exact) mass is 351 g/mol. The second kappa shape index (κ2) is 7.78. The first-order valence-corrected chi connectivity index (χ1v) is 8.23. The van der Waals surface area contributed by atoms with Crippen LogP contribution in [0.4, 0.5) is 5.82 Å². The molecule has 3 N–H and O–H groups in total. The molecule has 0 saturated heterocycles. The van der Waals surface area contributed by atoms with Crippen LogP contribution in [0.5, 0.6) is 0 Å². The predicted molar refractivity (Wildman–Crippen MR) is 77.3 cm³/mol. The largest absolute Gasteiger partial charge is 0.383 e. The van der Waals surface area contributed by atoms with Gasteiger partial charge in [0.05, 0.1) is 6.61 Å². The molecule has 0 aliphatic heterocycles. The van der Waals surface area contributed by atoms with Gasteiger partial charge in [-0.25, -0.2) is 18.1 Å². The molecule has 0 aromatic carbocycles. The van der Waals surface area contributed by atoms with Crippen LogP contribution in [0.15, 0.2) is 21.6 Å². The lowest BCUT2D eigenvalue weighted by Crippen LogP contribution is -2.28. The van der Waals surface area contributed by atoms with Crippen molar-refractivity contribution in [3.63, 3.8) is 0 Å². The Balaban J connectivity index is 2.54. The molecule has 1 aromatic heterocycles. The summed E-state index contributed by atoms with van der Waals surface area (Å²) in [6.07, 6.45) is 3.46. The third-order valence-electron chi connectivity index (χ3n) is 2.32. The number of hydrogen-bond donors (Lipinski definition) is 2. The lowest BCUT2D eigenvalue weighted by molar-refractivity contribution is 0.136. The summed E-state index contributed by atoms with van der Waals surface area (Å²) in [7, 11) is -3.65. The van der Waals surface area contributed by atoms with Gasteiger partial charge >= 0.3 is 0 Å². The SMILES string of the molecule is CCCCOCCNS(=O)(=O)c1cc(Br)cnc1N. The molecule has 1 rings (SSSR count). The Bertz CT molecular complexity index is 508. The van der Waals surface area contributed by atoms with E-state index in [-0.39, 0.29) is 17.3 Å². The number of rotatable bonds is 8. The molecule has 0 saturated carbocycles. The number of sulfonamides is 1. The summed E-state index contributed by atoms with van der Waals surface area (Å²) in [5.41, 5.74) is 5.56. The van der Waals surface area contributed by atoms with Gasteiger partial charge in [0.2, 0.25) is 10.0 Å².